The first-order valence-electron chi connectivity index (χ1n) is 11.7. The predicted octanol–water partition coefficient (Wildman–Crippen LogP) is 2.09. The third kappa shape index (κ3) is 7.11. The van der Waals surface area contributed by atoms with E-state index in [-0.39, 0.29) is 17.8 Å². The van der Waals surface area contributed by atoms with Crippen LogP contribution in [0.15, 0.2) is 61.2 Å². The number of hydrogen-bond donors (Lipinski definition) is 2. The van der Waals surface area contributed by atoms with E-state index in [1.165, 1.54) is 42.5 Å². The quantitative estimate of drug-likeness (QED) is 0.223. The number of carbonyl (C=O) groups is 3. The Hall–Kier alpha value is -4.91. The van der Waals surface area contributed by atoms with E-state index >= 15 is 0 Å². The molecule has 2 amide bonds. The fraction of sp³-hybridized carbons (Fsp3) is 0.200. The Bertz CT molecular complexity index is 1480. The number of hydrogen-bond acceptors (Lipinski definition) is 9. The zero-order valence-corrected chi connectivity index (χ0v) is 21.7. The lowest BCUT2D eigenvalue weighted by molar-refractivity contribution is -0.123. The van der Waals surface area contributed by atoms with Gasteiger partial charge in [-0.25, -0.2) is 9.78 Å². The van der Waals surface area contributed by atoms with Gasteiger partial charge in [0.05, 0.1) is 24.1 Å². The van der Waals surface area contributed by atoms with Crippen molar-refractivity contribution in [3.05, 3.63) is 83.0 Å². The van der Waals surface area contributed by atoms with Gasteiger partial charge < -0.3 is 15.4 Å². The molecule has 0 aliphatic rings. The van der Waals surface area contributed by atoms with E-state index in [0.29, 0.717) is 28.5 Å². The summed E-state index contributed by atoms with van der Waals surface area (Å²) >= 11 is 6.15. The number of nitrogens with zero attached hydrogens (tertiary/aromatic N) is 7. The molecule has 200 valence electrons. The first kappa shape index (κ1) is 27.1. The molecule has 4 aromatic rings. The minimum absolute atomic E-state index is 0.131. The van der Waals surface area contributed by atoms with Gasteiger partial charge >= 0.3 is 5.97 Å². The molecule has 0 bridgehead atoms. The molecule has 0 aliphatic heterocycles. The van der Waals surface area contributed by atoms with E-state index in [9.17, 15) is 14.4 Å². The van der Waals surface area contributed by atoms with Crippen molar-refractivity contribution in [2.24, 2.45) is 0 Å². The van der Waals surface area contributed by atoms with Gasteiger partial charge in [-0.3, -0.25) is 14.3 Å². The summed E-state index contributed by atoms with van der Waals surface area (Å²) in [7, 11) is 1.26. The second-order valence-electron chi connectivity index (χ2n) is 8.13. The molecule has 0 fully saturated rings. The van der Waals surface area contributed by atoms with Gasteiger partial charge in [-0.2, -0.15) is 9.78 Å². The van der Waals surface area contributed by atoms with E-state index in [0.717, 1.165) is 0 Å². The minimum Gasteiger partial charge on any atom is -0.465 e. The summed E-state index contributed by atoms with van der Waals surface area (Å²) < 4.78 is 7.82. The van der Waals surface area contributed by atoms with Crippen LogP contribution in [0.3, 0.4) is 0 Å². The molecule has 13 nitrogen and oxygen atoms in total. The number of aromatic nitrogens is 7. The highest BCUT2D eigenvalue weighted by Crippen LogP contribution is 2.20. The van der Waals surface area contributed by atoms with Crippen LogP contribution < -0.4 is 10.6 Å². The van der Waals surface area contributed by atoms with Gasteiger partial charge in [0, 0.05) is 42.0 Å². The highest BCUT2D eigenvalue weighted by molar-refractivity contribution is 6.30. The number of pyridine rings is 1. The van der Waals surface area contributed by atoms with Crippen molar-refractivity contribution in [1.82, 2.24) is 40.3 Å². The first-order chi connectivity index (χ1) is 18.9. The van der Waals surface area contributed by atoms with Gasteiger partial charge in [-0.05, 0) is 59.8 Å². The summed E-state index contributed by atoms with van der Waals surface area (Å²) in [6, 6.07) is 8.79. The Kier molecular flexibility index (Phi) is 8.74. The summed E-state index contributed by atoms with van der Waals surface area (Å²) in [6.07, 6.45) is 7.46. The van der Waals surface area contributed by atoms with Crippen molar-refractivity contribution in [1.29, 1.82) is 0 Å². The highest BCUT2D eigenvalue weighted by atomic mass is 35.5. The standard InChI is InChI=1S/C25H24ClN9O4/c1-3-34-11-10-19(31-34)13-20(24(37)30-22-8-4-17(14-27-22)25(38)39-2)29-23(36)9-5-16-12-18(26)6-7-21(16)35-15-28-32-33-35/h4-12,14-15,20H,3,13H2,1-2H3,(H,29,36)(H,27,30,37)/b9-5+/t20-/m0/s1. The van der Waals surface area contributed by atoms with Crippen LogP contribution in [0.25, 0.3) is 11.8 Å². The van der Waals surface area contributed by atoms with Crippen LogP contribution in [0, 0.1) is 0 Å². The second-order valence-corrected chi connectivity index (χ2v) is 8.57. The number of halogens is 1. The lowest BCUT2D eigenvalue weighted by Crippen LogP contribution is -2.45. The average Bonchev–Trinajstić information content (AvgIpc) is 3.64. The second kappa shape index (κ2) is 12.6. The molecule has 3 heterocycles. The number of amides is 2. The molecule has 4 rings (SSSR count). The molecular weight excluding hydrogens is 526 g/mol. The molecule has 14 heteroatoms. The Morgan fingerprint density at radius 3 is 2.69 bits per heavy atom. The Morgan fingerprint density at radius 2 is 2.03 bits per heavy atom. The molecule has 0 spiro atoms. The van der Waals surface area contributed by atoms with Crippen LogP contribution in [-0.2, 0) is 27.3 Å². The van der Waals surface area contributed by atoms with Gasteiger partial charge in [0.15, 0.2) is 0 Å². The van der Waals surface area contributed by atoms with E-state index in [1.54, 1.807) is 41.2 Å². The van der Waals surface area contributed by atoms with Gasteiger partial charge in [0.1, 0.15) is 18.2 Å². The maximum absolute atomic E-state index is 13.2. The number of carbonyl (C=O) groups excluding carboxylic acids is 3. The van der Waals surface area contributed by atoms with E-state index in [1.807, 2.05) is 6.92 Å². The Labute approximate surface area is 227 Å². The van der Waals surface area contributed by atoms with Gasteiger partial charge in [-0.15, -0.1) is 5.10 Å². The van der Waals surface area contributed by atoms with Crippen molar-refractivity contribution >= 4 is 41.3 Å². The number of rotatable bonds is 10. The predicted molar refractivity (Wildman–Crippen MR) is 141 cm³/mol. The molecule has 1 atom stereocenters. The summed E-state index contributed by atoms with van der Waals surface area (Å²) in [5.41, 5.74) is 2.04. The third-order valence-corrected chi connectivity index (χ3v) is 5.74. The molecule has 2 N–H and O–H groups in total. The Balaban J connectivity index is 1.52. The fourth-order valence-electron chi connectivity index (χ4n) is 3.55. The van der Waals surface area contributed by atoms with E-state index in [4.69, 9.17) is 11.6 Å². The monoisotopic (exact) mass is 549 g/mol. The third-order valence-electron chi connectivity index (χ3n) is 5.50. The molecular formula is C25H24ClN9O4. The number of nitrogens with one attached hydrogen (secondary N) is 2. The SMILES string of the molecule is CCn1ccc(C[C@H](NC(=O)/C=C/c2cc(Cl)ccc2-n2cnnn2)C(=O)Nc2ccc(C(=O)OC)cn2)n1. The van der Waals surface area contributed by atoms with Crippen LogP contribution in [0.2, 0.25) is 5.02 Å². The summed E-state index contributed by atoms with van der Waals surface area (Å²) in [5, 5.41) is 21.4. The zero-order chi connectivity index (χ0) is 27.8. The van der Waals surface area contributed by atoms with Crippen molar-refractivity contribution < 1.29 is 19.1 Å². The van der Waals surface area contributed by atoms with Crippen molar-refractivity contribution in [2.45, 2.75) is 25.9 Å². The lowest BCUT2D eigenvalue weighted by atomic mass is 10.1. The van der Waals surface area contributed by atoms with Crippen LogP contribution in [0.4, 0.5) is 5.82 Å². The summed E-state index contributed by atoms with van der Waals surface area (Å²) in [4.78, 5) is 41.8. The van der Waals surface area contributed by atoms with Crippen LogP contribution in [-0.4, -0.2) is 65.9 Å². The molecule has 39 heavy (non-hydrogen) atoms. The number of ether oxygens (including phenoxy) is 1. The zero-order valence-electron chi connectivity index (χ0n) is 21.0. The van der Waals surface area contributed by atoms with E-state index in [2.05, 4.69) is 41.0 Å². The molecule has 0 saturated carbocycles. The van der Waals surface area contributed by atoms with Crippen molar-refractivity contribution in [3.8, 4) is 5.69 Å². The maximum Gasteiger partial charge on any atom is 0.339 e. The maximum atomic E-state index is 13.2. The smallest absolute Gasteiger partial charge is 0.339 e. The highest BCUT2D eigenvalue weighted by Gasteiger charge is 2.22. The lowest BCUT2D eigenvalue weighted by Gasteiger charge is -2.17. The van der Waals surface area contributed by atoms with Crippen LogP contribution >= 0.6 is 11.6 Å². The number of anilines is 1. The first-order valence-corrected chi connectivity index (χ1v) is 12.1. The number of tetrazole rings is 1. The van der Waals surface area contributed by atoms with Gasteiger partial charge in [0.25, 0.3) is 0 Å². The summed E-state index contributed by atoms with van der Waals surface area (Å²) in [5.74, 6) is -1.39. The molecule has 0 unspecified atom stereocenters. The topological polar surface area (TPSA) is 159 Å². The van der Waals surface area contributed by atoms with Crippen LogP contribution in [0.1, 0.15) is 28.5 Å². The molecule has 0 radical (unpaired) electrons. The number of benzene rings is 1. The van der Waals surface area contributed by atoms with E-state index < -0.39 is 23.8 Å². The number of esters is 1. The van der Waals surface area contributed by atoms with Gasteiger partial charge in [-0.1, -0.05) is 11.6 Å². The largest absolute Gasteiger partial charge is 0.465 e. The number of aryl methyl sites for hydroxylation is 1. The van der Waals surface area contributed by atoms with Crippen molar-refractivity contribution in [2.75, 3.05) is 12.4 Å². The molecule has 0 saturated heterocycles. The van der Waals surface area contributed by atoms with Crippen molar-refractivity contribution in [3.63, 3.8) is 0 Å². The Morgan fingerprint density at radius 1 is 1.18 bits per heavy atom. The molecule has 1 aromatic carbocycles. The fourth-order valence-corrected chi connectivity index (χ4v) is 3.73. The van der Waals surface area contributed by atoms with Crippen LogP contribution in [0.5, 0.6) is 0 Å². The van der Waals surface area contributed by atoms with Gasteiger partial charge in [0.2, 0.25) is 11.8 Å². The normalized spacial score (nSPS) is 11.8. The summed E-state index contributed by atoms with van der Waals surface area (Å²) in [6.45, 7) is 2.60. The molecule has 3 aromatic heterocycles. The number of methoxy groups -OCH3 is 1. The average molecular weight is 550 g/mol. The molecule has 0 aliphatic carbocycles. The minimum atomic E-state index is -0.984.